The Morgan fingerprint density at radius 1 is 1.20 bits per heavy atom. The lowest BCUT2D eigenvalue weighted by molar-refractivity contribution is 0.623. The molecule has 0 saturated carbocycles. The first-order valence-corrected chi connectivity index (χ1v) is 6.66. The van der Waals surface area contributed by atoms with Crippen molar-refractivity contribution in [1.82, 2.24) is 9.55 Å². The van der Waals surface area contributed by atoms with E-state index in [9.17, 15) is 8.78 Å². The van der Waals surface area contributed by atoms with Gasteiger partial charge in [0.05, 0.1) is 21.2 Å². The number of imidazole rings is 1. The van der Waals surface area contributed by atoms with Crippen LogP contribution < -0.4 is 5.73 Å². The minimum atomic E-state index is -0.405. The summed E-state index contributed by atoms with van der Waals surface area (Å²) in [6, 6.07) is 7.31. The van der Waals surface area contributed by atoms with Gasteiger partial charge in [-0.05, 0) is 52.7 Å². The third kappa shape index (κ3) is 1.96. The maximum atomic E-state index is 13.5. The molecule has 0 unspecified atom stereocenters. The van der Waals surface area contributed by atoms with Crippen molar-refractivity contribution in [3.63, 3.8) is 0 Å². The molecule has 0 amide bonds. The summed E-state index contributed by atoms with van der Waals surface area (Å²) in [5, 5.41) is 0. The van der Waals surface area contributed by atoms with Crippen LogP contribution in [0.2, 0.25) is 0 Å². The van der Waals surface area contributed by atoms with Crippen molar-refractivity contribution in [2.45, 2.75) is 6.92 Å². The lowest BCUT2D eigenvalue weighted by Gasteiger charge is -2.10. The van der Waals surface area contributed by atoms with Gasteiger partial charge in [-0.1, -0.05) is 0 Å². The number of anilines is 1. The Morgan fingerprint density at radius 3 is 2.65 bits per heavy atom. The van der Waals surface area contributed by atoms with Crippen LogP contribution in [-0.4, -0.2) is 9.55 Å². The summed E-state index contributed by atoms with van der Waals surface area (Å²) in [6.07, 6.45) is 0. The molecular weight excluding hydrogens is 328 g/mol. The lowest BCUT2D eigenvalue weighted by Crippen LogP contribution is -2.02. The van der Waals surface area contributed by atoms with Gasteiger partial charge in [-0.25, -0.2) is 13.8 Å². The van der Waals surface area contributed by atoms with Crippen LogP contribution in [0.3, 0.4) is 0 Å². The fraction of sp³-hybridized carbons (Fsp3) is 0.0714. The molecule has 0 saturated heterocycles. The molecule has 3 nitrogen and oxygen atoms in total. The lowest BCUT2D eigenvalue weighted by atomic mass is 10.2. The highest BCUT2D eigenvalue weighted by atomic mass is 79.9. The largest absolute Gasteiger partial charge is 0.369 e. The van der Waals surface area contributed by atoms with Gasteiger partial charge < -0.3 is 5.73 Å². The molecule has 6 heteroatoms. The molecule has 1 heterocycles. The topological polar surface area (TPSA) is 43.8 Å². The van der Waals surface area contributed by atoms with Gasteiger partial charge in [0, 0.05) is 6.07 Å². The molecular formula is C14H10BrF2N3. The van der Waals surface area contributed by atoms with E-state index in [4.69, 9.17) is 5.73 Å². The van der Waals surface area contributed by atoms with Crippen molar-refractivity contribution in [3.05, 3.63) is 52.0 Å². The van der Waals surface area contributed by atoms with Crippen LogP contribution in [0, 0.1) is 18.6 Å². The monoisotopic (exact) mass is 337 g/mol. The van der Waals surface area contributed by atoms with Gasteiger partial charge in [-0.2, -0.15) is 0 Å². The normalized spacial score (nSPS) is 11.2. The predicted molar refractivity (Wildman–Crippen MR) is 77.8 cm³/mol. The molecule has 0 fully saturated rings. The van der Waals surface area contributed by atoms with Gasteiger partial charge >= 0.3 is 0 Å². The third-order valence-corrected chi connectivity index (χ3v) is 3.73. The minimum Gasteiger partial charge on any atom is -0.369 e. The van der Waals surface area contributed by atoms with Crippen molar-refractivity contribution in [2.75, 3.05) is 5.73 Å². The third-order valence-electron chi connectivity index (χ3n) is 3.12. The van der Waals surface area contributed by atoms with Gasteiger partial charge in [0.15, 0.2) is 0 Å². The molecule has 2 N–H and O–H groups in total. The van der Waals surface area contributed by atoms with Crippen LogP contribution in [0.4, 0.5) is 14.7 Å². The Balaban J connectivity index is 2.35. The second kappa shape index (κ2) is 4.56. The smallest absolute Gasteiger partial charge is 0.205 e. The number of aromatic nitrogens is 2. The van der Waals surface area contributed by atoms with Crippen LogP contribution in [0.5, 0.6) is 0 Å². The van der Waals surface area contributed by atoms with E-state index in [2.05, 4.69) is 20.9 Å². The Morgan fingerprint density at radius 2 is 1.95 bits per heavy atom. The summed E-state index contributed by atoms with van der Waals surface area (Å²) in [5.74, 6) is -0.494. The van der Waals surface area contributed by atoms with Crippen molar-refractivity contribution in [1.29, 1.82) is 0 Å². The number of rotatable bonds is 1. The maximum absolute atomic E-state index is 13.5. The molecule has 0 spiro atoms. The Kier molecular flexibility index (Phi) is 2.97. The Hall–Kier alpha value is -1.95. The Bertz CT molecular complexity index is 827. The van der Waals surface area contributed by atoms with Gasteiger partial charge in [0.2, 0.25) is 5.95 Å². The Labute approximate surface area is 122 Å². The highest BCUT2D eigenvalue weighted by Crippen LogP contribution is 2.29. The first-order valence-electron chi connectivity index (χ1n) is 5.87. The molecule has 0 radical (unpaired) electrons. The number of hydrogen-bond acceptors (Lipinski definition) is 2. The van der Waals surface area contributed by atoms with Crippen molar-refractivity contribution < 1.29 is 8.78 Å². The fourth-order valence-electron chi connectivity index (χ4n) is 2.21. The molecule has 0 aliphatic carbocycles. The summed E-state index contributed by atoms with van der Waals surface area (Å²) in [7, 11) is 0. The fourth-order valence-corrected chi connectivity index (χ4v) is 2.55. The summed E-state index contributed by atoms with van der Waals surface area (Å²) in [4.78, 5) is 4.14. The van der Waals surface area contributed by atoms with E-state index in [1.807, 2.05) is 0 Å². The molecule has 102 valence electrons. The summed E-state index contributed by atoms with van der Waals surface area (Å²) >= 11 is 3.15. The van der Waals surface area contributed by atoms with Crippen molar-refractivity contribution in [3.8, 4) is 5.69 Å². The van der Waals surface area contributed by atoms with E-state index >= 15 is 0 Å². The quantitative estimate of drug-likeness (QED) is 0.730. The number of hydrogen-bond donors (Lipinski definition) is 1. The van der Waals surface area contributed by atoms with Crippen LogP contribution >= 0.6 is 15.9 Å². The van der Waals surface area contributed by atoms with Crippen molar-refractivity contribution in [2.24, 2.45) is 0 Å². The van der Waals surface area contributed by atoms with Gasteiger partial charge in [0.25, 0.3) is 0 Å². The van der Waals surface area contributed by atoms with Gasteiger partial charge in [0.1, 0.15) is 11.6 Å². The SMILES string of the molecule is Cc1cc(F)ccc1-n1c(N)nc2cc(F)c(Br)cc21. The molecule has 0 aliphatic heterocycles. The number of nitrogens with zero attached hydrogens (tertiary/aromatic N) is 2. The number of fused-ring (bicyclic) bond motifs is 1. The highest BCUT2D eigenvalue weighted by molar-refractivity contribution is 9.10. The van der Waals surface area contributed by atoms with Gasteiger partial charge in [-0.3, -0.25) is 4.57 Å². The predicted octanol–water partition coefficient (Wildman–Crippen LogP) is 3.96. The number of nitrogen functional groups attached to an aromatic ring is 1. The summed E-state index contributed by atoms with van der Waals surface area (Å²) in [5.41, 5.74) is 8.45. The van der Waals surface area contributed by atoms with E-state index in [0.29, 0.717) is 21.2 Å². The molecule has 3 aromatic rings. The van der Waals surface area contributed by atoms with E-state index < -0.39 is 5.82 Å². The zero-order valence-electron chi connectivity index (χ0n) is 10.5. The number of aryl methyl sites for hydroxylation is 1. The number of halogens is 3. The average molecular weight is 338 g/mol. The molecule has 0 atom stereocenters. The average Bonchev–Trinajstić information content (AvgIpc) is 2.66. The molecule has 2 aromatic carbocycles. The van der Waals surface area contributed by atoms with E-state index in [1.54, 1.807) is 23.6 Å². The van der Waals surface area contributed by atoms with Crippen molar-refractivity contribution >= 4 is 32.9 Å². The van der Waals surface area contributed by atoms with Crippen LogP contribution in [0.1, 0.15) is 5.56 Å². The second-order valence-corrected chi connectivity index (χ2v) is 5.35. The van der Waals surface area contributed by atoms with Crippen LogP contribution in [-0.2, 0) is 0 Å². The van der Waals surface area contributed by atoms with Gasteiger partial charge in [-0.15, -0.1) is 0 Å². The molecule has 0 aliphatic rings. The molecule has 0 bridgehead atoms. The maximum Gasteiger partial charge on any atom is 0.205 e. The molecule has 1 aromatic heterocycles. The standard InChI is InChI=1S/C14H10BrF2N3/c1-7-4-8(16)2-3-12(7)20-13-5-9(15)10(17)6-11(13)19-14(20)18/h2-6H,1H3,(H2,18,19). The van der Waals surface area contributed by atoms with E-state index in [0.717, 1.165) is 5.56 Å². The second-order valence-electron chi connectivity index (χ2n) is 4.49. The van der Waals surface area contributed by atoms with Crippen LogP contribution in [0.25, 0.3) is 16.7 Å². The minimum absolute atomic E-state index is 0.229. The first kappa shape index (κ1) is 13.1. The zero-order valence-corrected chi connectivity index (χ0v) is 12.1. The molecule has 20 heavy (non-hydrogen) atoms. The molecule has 3 rings (SSSR count). The summed E-state index contributed by atoms with van der Waals surface area (Å²) < 4.78 is 28.7. The van der Waals surface area contributed by atoms with Crippen LogP contribution in [0.15, 0.2) is 34.8 Å². The zero-order chi connectivity index (χ0) is 14.4. The first-order chi connectivity index (χ1) is 9.47. The van der Waals surface area contributed by atoms with E-state index in [-0.39, 0.29) is 11.8 Å². The van der Waals surface area contributed by atoms with E-state index in [1.165, 1.54) is 18.2 Å². The highest BCUT2D eigenvalue weighted by Gasteiger charge is 2.14. The summed E-state index contributed by atoms with van der Waals surface area (Å²) in [6.45, 7) is 1.78. The number of nitrogens with two attached hydrogens (primary N) is 1. The number of benzene rings is 2.